The van der Waals surface area contributed by atoms with Crippen LogP contribution in [0.5, 0.6) is 0 Å². The Hall–Kier alpha value is -10.8. The molecule has 3 heterocycles. The smallest absolute Gasteiger partial charge is 0.332 e. The molecular weight excluding hydrogens is 1030 g/mol. The predicted molar refractivity (Wildman–Crippen MR) is 364 cm³/mol. The number of fused-ring (bicyclic) bond motifs is 8. The van der Waals surface area contributed by atoms with Gasteiger partial charge in [0, 0.05) is 79.1 Å². The van der Waals surface area contributed by atoms with E-state index in [0.29, 0.717) is 0 Å². The van der Waals surface area contributed by atoms with Gasteiger partial charge in [-0.25, -0.2) is 0 Å². The van der Waals surface area contributed by atoms with Crippen LogP contribution in [-0.2, 0) is 0 Å². The highest BCUT2D eigenvalue weighted by atomic mass is 15.2. The van der Waals surface area contributed by atoms with Gasteiger partial charge < -0.3 is 18.8 Å². The van der Waals surface area contributed by atoms with Crippen LogP contribution in [-0.4, -0.2) is 29.7 Å². The topological polar surface area (TPSA) is 16.3 Å². The fourth-order valence-corrected chi connectivity index (χ4v) is 13.7. The van der Waals surface area contributed by atoms with Crippen LogP contribution in [0.3, 0.4) is 0 Å². The molecule has 398 valence electrons. The quantitative estimate of drug-likeness (QED) is 0.120. The number of benzene rings is 13. The van der Waals surface area contributed by atoms with Crippen molar-refractivity contribution >= 4 is 108 Å². The van der Waals surface area contributed by atoms with Gasteiger partial charge in [0.15, 0.2) is 0 Å². The van der Waals surface area contributed by atoms with Gasteiger partial charge in [0.05, 0.1) is 0 Å². The summed E-state index contributed by atoms with van der Waals surface area (Å²) in [4.78, 5) is 4.85. The maximum atomic E-state index is 2.65. The Bertz CT molecular complexity index is 4770. The molecule has 16 rings (SSSR count). The normalized spacial score (nSPS) is 12.0. The maximum absolute atomic E-state index is 2.65. The summed E-state index contributed by atoms with van der Waals surface area (Å²) in [7, 11) is 2.21. The van der Waals surface area contributed by atoms with E-state index in [0.717, 1.165) is 28.4 Å². The molecule has 0 radical (unpaired) electrons. The van der Waals surface area contributed by atoms with Gasteiger partial charge in [-0.1, -0.05) is 236 Å². The summed E-state index contributed by atoms with van der Waals surface area (Å²) in [5.41, 5.74) is 24.7. The molecule has 0 saturated heterocycles. The van der Waals surface area contributed by atoms with Crippen LogP contribution >= 0.6 is 0 Å². The Labute approximate surface area is 496 Å². The van der Waals surface area contributed by atoms with Crippen molar-refractivity contribution in [1.29, 1.82) is 0 Å². The minimum Gasteiger partial charge on any atom is -0.376 e. The van der Waals surface area contributed by atoms with E-state index in [1.807, 2.05) is 0 Å². The van der Waals surface area contributed by atoms with Crippen molar-refractivity contribution < 1.29 is 0 Å². The molecule has 1 aliphatic rings. The van der Waals surface area contributed by atoms with Crippen molar-refractivity contribution in [3.8, 4) is 44.5 Å². The Morgan fingerprint density at radius 3 is 1.22 bits per heavy atom. The first kappa shape index (κ1) is 50.0. The molecule has 1 aliphatic heterocycles. The monoisotopic (exact) mass is 1080 g/mol. The molecule has 13 aromatic carbocycles. The summed E-state index contributed by atoms with van der Waals surface area (Å²) in [6, 6.07) is 119. The second kappa shape index (κ2) is 20.9. The summed E-state index contributed by atoms with van der Waals surface area (Å²) >= 11 is 0. The van der Waals surface area contributed by atoms with E-state index < -0.39 is 0 Å². The molecule has 0 unspecified atom stereocenters. The van der Waals surface area contributed by atoms with Gasteiger partial charge in [0.2, 0.25) is 0 Å². The average Bonchev–Trinajstić information content (AvgIpc) is 2.22. The molecule has 0 atom stereocenters. The zero-order valence-electron chi connectivity index (χ0n) is 47.0. The van der Waals surface area contributed by atoms with Crippen LogP contribution in [0, 0.1) is 0 Å². The second-order valence-corrected chi connectivity index (χ2v) is 22.4. The molecule has 6 heteroatoms. The van der Waals surface area contributed by atoms with Crippen molar-refractivity contribution in [2.24, 2.45) is 0 Å². The van der Waals surface area contributed by atoms with E-state index in [1.165, 1.54) is 110 Å². The highest BCUT2D eigenvalue weighted by Crippen LogP contribution is 2.42. The number of para-hydroxylation sites is 4. The second-order valence-electron chi connectivity index (χ2n) is 22.4. The van der Waals surface area contributed by atoms with E-state index in [2.05, 4.69) is 347 Å². The molecule has 4 nitrogen and oxygen atoms in total. The average molecular weight is 1080 g/mol. The van der Waals surface area contributed by atoms with Crippen LogP contribution in [0.15, 0.2) is 322 Å². The van der Waals surface area contributed by atoms with Crippen molar-refractivity contribution in [3.63, 3.8) is 0 Å². The van der Waals surface area contributed by atoms with Crippen molar-refractivity contribution in [2.45, 2.75) is 0 Å². The van der Waals surface area contributed by atoms with Crippen LogP contribution in [0.1, 0.15) is 0 Å². The standard InChI is InChI=1S/C79H56B2N4/c1-82(64-32-16-6-17-33-64)77-38-22-20-36-70(77)80(84-73-45-40-59(55-24-8-2-9-25-55)50-66(73)67-51-60(41-46-74(67)84)56-26-10-3-11-27-56)63-44-49-79-72(54-63)81(71-37-21-23-39-78(71)83(79)65-34-18-7-19-35-65)85-75-47-42-61(57-28-12-4-13-29-57)52-68(75)69-53-62(43-48-76(69)85)58-30-14-5-15-31-58/h2-54H,1H3. The van der Waals surface area contributed by atoms with Crippen molar-refractivity contribution in [3.05, 3.63) is 322 Å². The van der Waals surface area contributed by atoms with E-state index in [4.69, 9.17) is 0 Å². The summed E-state index contributed by atoms with van der Waals surface area (Å²) in [6.07, 6.45) is 0. The highest BCUT2D eigenvalue weighted by Gasteiger charge is 2.40. The molecule has 0 fully saturated rings. The maximum Gasteiger partial charge on any atom is 0.332 e. The lowest BCUT2D eigenvalue weighted by atomic mass is 9.44. The van der Waals surface area contributed by atoms with Crippen LogP contribution in [0.4, 0.5) is 28.4 Å². The number of nitrogens with zero attached hydrogens (tertiary/aromatic N) is 4. The van der Waals surface area contributed by atoms with Crippen molar-refractivity contribution in [1.82, 2.24) is 8.96 Å². The first-order valence-corrected chi connectivity index (χ1v) is 29.4. The molecule has 0 amide bonds. The first-order valence-electron chi connectivity index (χ1n) is 29.4. The minimum absolute atomic E-state index is 0.237. The Balaban J connectivity index is 1.000. The fraction of sp³-hybridized carbons (Fsp3) is 0.0127. The molecular formula is C79H56B2N4. The van der Waals surface area contributed by atoms with Gasteiger partial charge >= 0.3 is 13.7 Å². The van der Waals surface area contributed by atoms with Crippen molar-refractivity contribution in [2.75, 3.05) is 16.8 Å². The third-order valence-electron chi connectivity index (χ3n) is 17.7. The Kier molecular flexibility index (Phi) is 12.3. The van der Waals surface area contributed by atoms with Crippen LogP contribution < -0.4 is 31.7 Å². The fourth-order valence-electron chi connectivity index (χ4n) is 13.7. The summed E-state index contributed by atoms with van der Waals surface area (Å²) in [5, 5.41) is 4.87. The molecule has 0 spiro atoms. The lowest BCUT2D eigenvalue weighted by Gasteiger charge is -2.38. The number of anilines is 5. The lowest BCUT2D eigenvalue weighted by Crippen LogP contribution is -2.57. The third-order valence-corrected chi connectivity index (χ3v) is 17.7. The van der Waals surface area contributed by atoms with Crippen LogP contribution in [0.25, 0.3) is 88.1 Å². The number of rotatable bonds is 11. The summed E-state index contributed by atoms with van der Waals surface area (Å²) in [5.74, 6) is 0. The lowest BCUT2D eigenvalue weighted by molar-refractivity contribution is 1.21. The molecule has 85 heavy (non-hydrogen) atoms. The predicted octanol–water partition coefficient (Wildman–Crippen LogP) is 17.4. The SMILES string of the molecule is CN(c1ccccc1)c1ccccc1B(c1ccc2c(c1)B(n1c3ccc(-c4ccccc4)cc3c3cc(-c4ccccc4)ccc31)c1ccccc1N2c1ccccc1)n1c2ccc(-c3ccccc3)cc2c2cc(-c3ccccc3)ccc21. The summed E-state index contributed by atoms with van der Waals surface area (Å²) < 4.78 is 5.30. The molecule has 0 N–H and O–H groups in total. The largest absolute Gasteiger partial charge is 0.376 e. The van der Waals surface area contributed by atoms with Crippen LogP contribution in [0.2, 0.25) is 0 Å². The Morgan fingerprint density at radius 1 is 0.318 bits per heavy atom. The van der Waals surface area contributed by atoms with Gasteiger partial charge in [-0.2, -0.15) is 0 Å². The highest BCUT2D eigenvalue weighted by molar-refractivity contribution is 6.90. The van der Waals surface area contributed by atoms with E-state index >= 15 is 0 Å². The minimum atomic E-state index is -0.305. The molecule has 0 bridgehead atoms. The van der Waals surface area contributed by atoms with Gasteiger partial charge in [0.1, 0.15) is 0 Å². The summed E-state index contributed by atoms with van der Waals surface area (Å²) in [6.45, 7) is -0.542. The molecule has 2 aromatic heterocycles. The number of hydrogen-bond acceptors (Lipinski definition) is 2. The van der Waals surface area contributed by atoms with Gasteiger partial charge in [-0.3, -0.25) is 0 Å². The molecule has 0 saturated carbocycles. The van der Waals surface area contributed by atoms with Gasteiger partial charge in [-0.15, -0.1) is 0 Å². The van der Waals surface area contributed by atoms with E-state index in [-0.39, 0.29) is 13.7 Å². The molecule has 0 aliphatic carbocycles. The Morgan fingerprint density at radius 2 is 0.718 bits per heavy atom. The van der Waals surface area contributed by atoms with E-state index in [9.17, 15) is 0 Å². The van der Waals surface area contributed by atoms with E-state index in [1.54, 1.807) is 0 Å². The molecule has 15 aromatic rings. The first-order chi connectivity index (χ1) is 42.1. The third kappa shape index (κ3) is 8.56. The zero-order chi connectivity index (χ0) is 56.4. The number of aromatic nitrogens is 2. The van der Waals surface area contributed by atoms with Gasteiger partial charge in [-0.05, 0) is 152 Å². The number of hydrogen-bond donors (Lipinski definition) is 0. The zero-order valence-corrected chi connectivity index (χ0v) is 47.0. The van der Waals surface area contributed by atoms with Gasteiger partial charge in [0.25, 0.3) is 0 Å².